The molecule has 0 unspecified atom stereocenters. The Bertz CT molecular complexity index is 757. The van der Waals surface area contributed by atoms with Crippen LogP contribution in [0.15, 0.2) is 59.5 Å². The molecule has 0 amide bonds. The lowest BCUT2D eigenvalue weighted by molar-refractivity contribution is 0.0306. The third-order valence-electron chi connectivity index (χ3n) is 4.03. The van der Waals surface area contributed by atoms with Crippen molar-refractivity contribution < 1.29 is 13.2 Å². The average Bonchev–Trinajstić information content (AvgIpc) is 2.90. The van der Waals surface area contributed by atoms with E-state index in [1.54, 1.807) is 12.1 Å². The maximum absolute atomic E-state index is 12.9. The smallest absolute Gasteiger partial charge is 0.245 e. The van der Waals surface area contributed by atoms with E-state index < -0.39 is 16.3 Å². The number of nitrogens with zero attached hydrogens (tertiary/aromatic N) is 1. The van der Waals surface area contributed by atoms with Crippen LogP contribution >= 0.6 is 0 Å². The van der Waals surface area contributed by atoms with Crippen LogP contribution in [0.25, 0.3) is 0 Å². The van der Waals surface area contributed by atoms with E-state index in [4.69, 9.17) is 4.74 Å². The Balaban J connectivity index is 1.88. The van der Waals surface area contributed by atoms with Crippen molar-refractivity contribution in [2.45, 2.75) is 37.5 Å². The van der Waals surface area contributed by atoms with Crippen molar-refractivity contribution >= 4 is 10.0 Å². The lowest BCUT2D eigenvalue weighted by atomic mass is 10.1. The Labute approximate surface area is 137 Å². The van der Waals surface area contributed by atoms with Crippen LogP contribution in [-0.4, -0.2) is 31.6 Å². The molecule has 2 aromatic carbocycles. The summed E-state index contributed by atoms with van der Waals surface area (Å²) in [5.74, 6) is 0. The minimum atomic E-state index is -3.55. The van der Waals surface area contributed by atoms with Crippen molar-refractivity contribution in [3.63, 3.8) is 0 Å². The monoisotopic (exact) mass is 331 g/mol. The molecular formula is C18H21NO3S. The van der Waals surface area contributed by atoms with E-state index in [2.05, 4.69) is 0 Å². The van der Waals surface area contributed by atoms with Crippen molar-refractivity contribution in [3.8, 4) is 0 Å². The highest BCUT2D eigenvalue weighted by atomic mass is 32.2. The van der Waals surface area contributed by atoms with Crippen LogP contribution in [0.2, 0.25) is 0 Å². The van der Waals surface area contributed by atoms with E-state index in [1.165, 1.54) is 4.31 Å². The Morgan fingerprint density at radius 1 is 1.09 bits per heavy atom. The Morgan fingerprint density at radius 2 is 1.74 bits per heavy atom. The Morgan fingerprint density at radius 3 is 2.39 bits per heavy atom. The van der Waals surface area contributed by atoms with E-state index in [0.29, 0.717) is 17.9 Å². The highest BCUT2D eigenvalue weighted by Crippen LogP contribution is 2.27. The number of hydrogen-bond donors (Lipinski definition) is 0. The summed E-state index contributed by atoms with van der Waals surface area (Å²) in [5, 5.41) is 0. The van der Waals surface area contributed by atoms with E-state index in [-0.39, 0.29) is 6.10 Å². The summed E-state index contributed by atoms with van der Waals surface area (Å²) in [4.78, 5) is 0.318. The first kappa shape index (κ1) is 16.2. The van der Waals surface area contributed by atoms with Crippen LogP contribution in [0.5, 0.6) is 0 Å². The normalized spacial score (nSPS) is 22.3. The summed E-state index contributed by atoms with van der Waals surface area (Å²) >= 11 is 0. The van der Waals surface area contributed by atoms with Gasteiger partial charge in [0, 0.05) is 13.0 Å². The average molecular weight is 331 g/mol. The van der Waals surface area contributed by atoms with E-state index in [1.807, 2.05) is 56.3 Å². The third-order valence-corrected chi connectivity index (χ3v) is 5.90. The molecule has 0 spiro atoms. The second-order valence-corrected chi connectivity index (χ2v) is 7.87. The second kappa shape index (κ2) is 6.43. The molecule has 1 heterocycles. The van der Waals surface area contributed by atoms with Crippen LogP contribution < -0.4 is 0 Å². The molecule has 23 heavy (non-hydrogen) atoms. The van der Waals surface area contributed by atoms with Gasteiger partial charge in [0.25, 0.3) is 0 Å². The maximum Gasteiger partial charge on any atom is 0.245 e. The fourth-order valence-corrected chi connectivity index (χ4v) is 4.41. The van der Waals surface area contributed by atoms with Gasteiger partial charge in [-0.25, -0.2) is 8.42 Å². The van der Waals surface area contributed by atoms with E-state index >= 15 is 0 Å². The number of sulfonamides is 1. The van der Waals surface area contributed by atoms with Gasteiger partial charge >= 0.3 is 0 Å². The molecule has 122 valence electrons. The fourth-order valence-electron chi connectivity index (χ4n) is 2.81. The molecule has 1 aliphatic rings. The minimum absolute atomic E-state index is 0.107. The van der Waals surface area contributed by atoms with Gasteiger partial charge in [-0.05, 0) is 31.5 Å². The van der Waals surface area contributed by atoms with Gasteiger partial charge in [0.1, 0.15) is 6.23 Å². The predicted octanol–water partition coefficient (Wildman–Crippen LogP) is 2.97. The summed E-state index contributed by atoms with van der Waals surface area (Å²) in [5.41, 5.74) is 2.10. The van der Waals surface area contributed by atoms with Crippen LogP contribution in [-0.2, 0) is 21.2 Å². The van der Waals surface area contributed by atoms with Gasteiger partial charge in [-0.2, -0.15) is 4.31 Å². The molecule has 4 nitrogen and oxygen atoms in total. The Hall–Kier alpha value is -1.69. The zero-order chi connectivity index (χ0) is 16.4. The van der Waals surface area contributed by atoms with E-state index in [0.717, 1.165) is 11.1 Å². The van der Waals surface area contributed by atoms with Gasteiger partial charge in [-0.15, -0.1) is 0 Å². The molecule has 5 heteroatoms. The molecule has 0 N–H and O–H groups in total. The molecule has 2 atom stereocenters. The molecule has 1 fully saturated rings. The molecular weight excluding hydrogens is 310 g/mol. The van der Waals surface area contributed by atoms with Crippen molar-refractivity contribution in [1.29, 1.82) is 0 Å². The first-order chi connectivity index (χ1) is 11.0. The summed E-state index contributed by atoms with van der Waals surface area (Å²) in [6.07, 6.45) is -0.0151. The molecule has 2 aromatic rings. The number of ether oxygens (including phenoxy) is 1. The van der Waals surface area contributed by atoms with Gasteiger partial charge < -0.3 is 4.74 Å². The van der Waals surface area contributed by atoms with Crippen molar-refractivity contribution in [2.24, 2.45) is 0 Å². The van der Waals surface area contributed by atoms with Crippen LogP contribution in [0.4, 0.5) is 0 Å². The topological polar surface area (TPSA) is 46.6 Å². The van der Waals surface area contributed by atoms with E-state index in [9.17, 15) is 8.42 Å². The summed E-state index contributed by atoms with van der Waals surface area (Å²) in [7, 11) is -3.55. The SMILES string of the molecule is Cc1ccc(S(=O)(=O)N2C[C@@H](C)O[C@H]2Cc2ccccc2)cc1. The quantitative estimate of drug-likeness (QED) is 0.865. The fraction of sp³-hybridized carbons (Fsp3) is 0.333. The summed E-state index contributed by atoms with van der Waals surface area (Å²) in [6, 6.07) is 16.8. The molecule has 0 saturated carbocycles. The van der Waals surface area contributed by atoms with Gasteiger partial charge in [0.15, 0.2) is 0 Å². The molecule has 0 aliphatic carbocycles. The predicted molar refractivity (Wildman–Crippen MR) is 89.6 cm³/mol. The molecule has 3 rings (SSSR count). The van der Waals surface area contributed by atoms with Gasteiger partial charge in [0.05, 0.1) is 11.0 Å². The lowest BCUT2D eigenvalue weighted by Crippen LogP contribution is -2.37. The van der Waals surface area contributed by atoms with Crippen molar-refractivity contribution in [3.05, 3.63) is 65.7 Å². The molecule has 0 aromatic heterocycles. The number of rotatable bonds is 4. The van der Waals surface area contributed by atoms with Gasteiger partial charge in [-0.1, -0.05) is 48.0 Å². The lowest BCUT2D eigenvalue weighted by Gasteiger charge is -2.22. The zero-order valence-corrected chi connectivity index (χ0v) is 14.2. The van der Waals surface area contributed by atoms with Crippen molar-refractivity contribution in [2.75, 3.05) is 6.54 Å². The molecule has 0 bridgehead atoms. The maximum atomic E-state index is 12.9. The highest BCUT2D eigenvalue weighted by Gasteiger charge is 2.39. The molecule has 1 saturated heterocycles. The largest absolute Gasteiger partial charge is 0.357 e. The number of aryl methyl sites for hydroxylation is 1. The van der Waals surface area contributed by atoms with Crippen LogP contribution in [0, 0.1) is 6.92 Å². The zero-order valence-electron chi connectivity index (χ0n) is 13.3. The highest BCUT2D eigenvalue weighted by molar-refractivity contribution is 7.89. The number of hydrogen-bond acceptors (Lipinski definition) is 3. The van der Waals surface area contributed by atoms with Crippen molar-refractivity contribution in [1.82, 2.24) is 4.31 Å². The van der Waals surface area contributed by atoms with Gasteiger partial charge in [-0.3, -0.25) is 0 Å². The first-order valence-electron chi connectivity index (χ1n) is 7.75. The third kappa shape index (κ3) is 3.47. The minimum Gasteiger partial charge on any atom is -0.357 e. The van der Waals surface area contributed by atoms with Crippen LogP contribution in [0.3, 0.4) is 0 Å². The number of benzene rings is 2. The summed E-state index contributed by atoms with van der Waals surface area (Å²) in [6.45, 7) is 4.23. The summed E-state index contributed by atoms with van der Waals surface area (Å²) < 4.78 is 33.2. The second-order valence-electron chi connectivity index (χ2n) is 5.98. The standard InChI is InChI=1S/C18H21NO3S/c1-14-8-10-17(11-9-14)23(20,21)19-13-15(2)22-18(19)12-16-6-4-3-5-7-16/h3-11,15,18H,12-13H2,1-2H3/t15-,18+/m1/s1. The molecule has 1 aliphatic heterocycles. The first-order valence-corrected chi connectivity index (χ1v) is 9.19. The van der Waals surface area contributed by atoms with Crippen LogP contribution in [0.1, 0.15) is 18.1 Å². The Kier molecular flexibility index (Phi) is 4.53. The molecule has 0 radical (unpaired) electrons. The van der Waals surface area contributed by atoms with Gasteiger partial charge in [0.2, 0.25) is 10.0 Å².